The summed E-state index contributed by atoms with van der Waals surface area (Å²) in [6.07, 6.45) is 0.715. The highest BCUT2D eigenvalue weighted by atomic mass is 16.5. The van der Waals surface area contributed by atoms with Crippen molar-refractivity contribution < 1.29 is 9.53 Å². The molecule has 0 unspecified atom stereocenters. The van der Waals surface area contributed by atoms with Crippen LogP contribution in [0.5, 0.6) is 0 Å². The van der Waals surface area contributed by atoms with Gasteiger partial charge in [0.25, 0.3) is 0 Å². The zero-order chi connectivity index (χ0) is 13.2. The Labute approximate surface area is 104 Å². The lowest BCUT2D eigenvalue weighted by Gasteiger charge is -2.23. The van der Waals surface area contributed by atoms with Gasteiger partial charge in [-0.25, -0.2) is 0 Å². The number of aryl methyl sites for hydroxylation is 1. The number of rotatable bonds is 3. The van der Waals surface area contributed by atoms with Crippen molar-refractivity contribution in [2.75, 3.05) is 7.11 Å². The summed E-state index contributed by atoms with van der Waals surface area (Å²) in [7, 11) is 1.44. The number of esters is 1. The fourth-order valence-corrected chi connectivity index (χ4v) is 2.03. The van der Waals surface area contributed by atoms with Gasteiger partial charge >= 0.3 is 5.97 Å². The Morgan fingerprint density at radius 1 is 1.18 bits per heavy atom. The first kappa shape index (κ1) is 13.8. The number of carbonyl (C=O) groups is 1. The zero-order valence-corrected chi connectivity index (χ0v) is 11.7. The molecule has 0 N–H and O–H groups in total. The molecule has 1 aromatic rings. The van der Waals surface area contributed by atoms with Gasteiger partial charge in [-0.15, -0.1) is 0 Å². The minimum Gasteiger partial charge on any atom is -0.469 e. The van der Waals surface area contributed by atoms with Gasteiger partial charge in [0.2, 0.25) is 0 Å². The summed E-state index contributed by atoms with van der Waals surface area (Å²) in [5, 5.41) is 0. The fourth-order valence-electron chi connectivity index (χ4n) is 2.03. The summed E-state index contributed by atoms with van der Waals surface area (Å²) < 4.78 is 4.84. The maximum atomic E-state index is 11.7. The smallest absolute Gasteiger partial charge is 0.311 e. The molecule has 0 saturated heterocycles. The zero-order valence-electron chi connectivity index (χ0n) is 11.7. The van der Waals surface area contributed by atoms with Gasteiger partial charge in [0.1, 0.15) is 0 Å². The first-order valence-corrected chi connectivity index (χ1v) is 5.93. The van der Waals surface area contributed by atoms with Crippen LogP contribution in [0, 0.1) is 26.2 Å². The molecule has 2 heteroatoms. The van der Waals surface area contributed by atoms with Crippen molar-refractivity contribution in [3.05, 3.63) is 34.4 Å². The normalized spacial score (nSPS) is 11.4. The molecule has 17 heavy (non-hydrogen) atoms. The molecule has 0 fully saturated rings. The molecule has 1 rings (SSSR count). The van der Waals surface area contributed by atoms with E-state index in [1.165, 1.54) is 29.4 Å². The van der Waals surface area contributed by atoms with Crippen molar-refractivity contribution in [1.82, 2.24) is 0 Å². The predicted octanol–water partition coefficient (Wildman–Crippen LogP) is 3.35. The molecular formula is C15H22O2. The lowest BCUT2D eigenvalue weighted by atomic mass is 9.83. The second-order valence-corrected chi connectivity index (χ2v) is 5.34. The van der Waals surface area contributed by atoms with Gasteiger partial charge in [-0.2, -0.15) is 0 Å². The summed E-state index contributed by atoms with van der Waals surface area (Å²) in [6, 6.07) is 4.23. The minimum atomic E-state index is -0.471. The fraction of sp³-hybridized carbons (Fsp3) is 0.533. The molecule has 0 spiro atoms. The summed E-state index contributed by atoms with van der Waals surface area (Å²) >= 11 is 0. The molecule has 0 aliphatic rings. The summed E-state index contributed by atoms with van der Waals surface area (Å²) in [5.74, 6) is -0.157. The van der Waals surface area contributed by atoms with E-state index in [-0.39, 0.29) is 5.97 Å². The van der Waals surface area contributed by atoms with Gasteiger partial charge in [0.05, 0.1) is 12.5 Å². The minimum absolute atomic E-state index is 0.157. The van der Waals surface area contributed by atoms with E-state index in [0.29, 0.717) is 6.42 Å². The highest BCUT2D eigenvalue weighted by molar-refractivity contribution is 5.76. The maximum Gasteiger partial charge on any atom is 0.311 e. The van der Waals surface area contributed by atoms with E-state index in [1.54, 1.807) is 0 Å². The number of benzene rings is 1. The van der Waals surface area contributed by atoms with Crippen LogP contribution in [-0.2, 0) is 16.0 Å². The second-order valence-electron chi connectivity index (χ2n) is 5.34. The molecule has 0 bridgehead atoms. The summed E-state index contributed by atoms with van der Waals surface area (Å²) in [5.41, 5.74) is 4.64. The van der Waals surface area contributed by atoms with E-state index in [0.717, 1.165) is 0 Å². The van der Waals surface area contributed by atoms with Crippen molar-refractivity contribution in [3.63, 3.8) is 0 Å². The lowest BCUT2D eigenvalue weighted by molar-refractivity contribution is -0.150. The molecule has 0 amide bonds. The van der Waals surface area contributed by atoms with E-state index in [4.69, 9.17) is 4.74 Å². The third kappa shape index (κ3) is 2.87. The summed E-state index contributed by atoms with van der Waals surface area (Å²) in [4.78, 5) is 11.7. The van der Waals surface area contributed by atoms with Crippen molar-refractivity contribution in [2.24, 2.45) is 5.41 Å². The highest BCUT2D eigenvalue weighted by Gasteiger charge is 2.29. The number of hydrogen-bond acceptors (Lipinski definition) is 2. The van der Waals surface area contributed by atoms with Gasteiger partial charge in [0.15, 0.2) is 0 Å². The third-order valence-corrected chi connectivity index (χ3v) is 3.54. The van der Waals surface area contributed by atoms with Gasteiger partial charge in [-0.1, -0.05) is 12.1 Å². The average Bonchev–Trinajstić information content (AvgIpc) is 2.28. The van der Waals surface area contributed by atoms with Crippen LogP contribution in [0.4, 0.5) is 0 Å². The van der Waals surface area contributed by atoms with Gasteiger partial charge in [-0.3, -0.25) is 4.79 Å². The molecule has 0 radical (unpaired) electrons. The van der Waals surface area contributed by atoms with Crippen molar-refractivity contribution in [1.29, 1.82) is 0 Å². The quantitative estimate of drug-likeness (QED) is 0.750. The molecule has 2 nitrogen and oxygen atoms in total. The van der Waals surface area contributed by atoms with Crippen molar-refractivity contribution >= 4 is 5.97 Å². The Kier molecular flexibility index (Phi) is 3.97. The molecule has 0 atom stereocenters. The Bertz CT molecular complexity index is 431. The van der Waals surface area contributed by atoms with Crippen LogP contribution < -0.4 is 0 Å². The molecule has 94 valence electrons. The first-order valence-electron chi connectivity index (χ1n) is 5.93. The topological polar surface area (TPSA) is 26.3 Å². The number of carbonyl (C=O) groups excluding carboxylic acids is 1. The van der Waals surface area contributed by atoms with Crippen LogP contribution in [0.3, 0.4) is 0 Å². The van der Waals surface area contributed by atoms with Crippen LogP contribution >= 0.6 is 0 Å². The van der Waals surface area contributed by atoms with Crippen LogP contribution in [0.25, 0.3) is 0 Å². The standard InChI is InChI=1S/C15H22O2/c1-10-7-8-13(12(3)11(10)2)9-15(4,5)14(16)17-6/h7-8H,9H2,1-6H3. The van der Waals surface area contributed by atoms with Gasteiger partial charge < -0.3 is 4.74 Å². The Hall–Kier alpha value is -1.31. The number of hydrogen-bond donors (Lipinski definition) is 0. The van der Waals surface area contributed by atoms with E-state index in [1.807, 2.05) is 13.8 Å². The maximum absolute atomic E-state index is 11.7. The third-order valence-electron chi connectivity index (χ3n) is 3.54. The van der Waals surface area contributed by atoms with E-state index in [2.05, 4.69) is 32.9 Å². The average molecular weight is 234 g/mol. The van der Waals surface area contributed by atoms with E-state index < -0.39 is 5.41 Å². The Balaban J connectivity index is 3.04. The van der Waals surface area contributed by atoms with Crippen LogP contribution in [0.15, 0.2) is 12.1 Å². The van der Waals surface area contributed by atoms with Gasteiger partial charge in [-0.05, 0) is 63.3 Å². The summed E-state index contributed by atoms with van der Waals surface area (Å²) in [6.45, 7) is 10.2. The van der Waals surface area contributed by atoms with Crippen molar-refractivity contribution in [2.45, 2.75) is 41.0 Å². The van der Waals surface area contributed by atoms with E-state index >= 15 is 0 Å². The molecular weight excluding hydrogens is 212 g/mol. The Morgan fingerprint density at radius 2 is 1.76 bits per heavy atom. The SMILES string of the molecule is COC(=O)C(C)(C)Cc1ccc(C)c(C)c1C. The van der Waals surface area contributed by atoms with Crippen molar-refractivity contribution in [3.8, 4) is 0 Å². The van der Waals surface area contributed by atoms with Crippen LogP contribution in [0.1, 0.15) is 36.1 Å². The largest absolute Gasteiger partial charge is 0.469 e. The number of methoxy groups -OCH3 is 1. The van der Waals surface area contributed by atoms with Crippen LogP contribution in [-0.4, -0.2) is 13.1 Å². The molecule has 1 aromatic carbocycles. The molecule has 0 aromatic heterocycles. The van der Waals surface area contributed by atoms with Crippen LogP contribution in [0.2, 0.25) is 0 Å². The molecule has 0 aliphatic carbocycles. The molecule has 0 heterocycles. The van der Waals surface area contributed by atoms with E-state index in [9.17, 15) is 4.79 Å². The predicted molar refractivity (Wildman–Crippen MR) is 70.2 cm³/mol. The highest BCUT2D eigenvalue weighted by Crippen LogP contribution is 2.27. The number of ether oxygens (including phenoxy) is 1. The molecule has 0 aliphatic heterocycles. The lowest BCUT2D eigenvalue weighted by Crippen LogP contribution is -2.28. The molecule has 0 saturated carbocycles. The van der Waals surface area contributed by atoms with Gasteiger partial charge in [0, 0.05) is 0 Å². The Morgan fingerprint density at radius 3 is 2.29 bits per heavy atom. The second kappa shape index (κ2) is 4.91. The monoisotopic (exact) mass is 234 g/mol. The first-order chi connectivity index (χ1) is 7.79.